The molecule has 0 aromatic heterocycles. The van der Waals surface area contributed by atoms with E-state index in [-0.39, 0.29) is 17.9 Å². The average Bonchev–Trinajstić information content (AvgIpc) is 2.35. The second kappa shape index (κ2) is 5.60. The maximum atomic E-state index is 11.0. The molecule has 0 aliphatic heterocycles. The van der Waals surface area contributed by atoms with Gasteiger partial charge in [0.05, 0.1) is 18.1 Å². The molecule has 0 fully saturated rings. The third-order valence-electron chi connectivity index (χ3n) is 2.58. The van der Waals surface area contributed by atoms with E-state index in [1.54, 1.807) is 0 Å². The maximum absolute atomic E-state index is 11.0. The van der Waals surface area contributed by atoms with Crippen molar-refractivity contribution in [3.8, 4) is 11.5 Å². The van der Waals surface area contributed by atoms with Gasteiger partial charge in [-0.25, -0.2) is 4.79 Å². The van der Waals surface area contributed by atoms with Crippen LogP contribution < -0.4 is 9.47 Å². The highest BCUT2D eigenvalue weighted by Gasteiger charge is 2.28. The Bertz CT molecular complexity index is 492. The van der Waals surface area contributed by atoms with Gasteiger partial charge in [0.25, 0.3) is 0 Å². The van der Waals surface area contributed by atoms with Gasteiger partial charge >= 0.3 is 11.9 Å². The van der Waals surface area contributed by atoms with Gasteiger partial charge in [0.1, 0.15) is 6.61 Å². The fourth-order valence-corrected chi connectivity index (χ4v) is 1.24. The van der Waals surface area contributed by atoms with E-state index in [1.807, 2.05) is 0 Å². The van der Waals surface area contributed by atoms with Crippen LogP contribution in [0.4, 0.5) is 0 Å². The lowest BCUT2D eigenvalue weighted by atomic mass is 9.95. The number of carboxylic acids is 2. The van der Waals surface area contributed by atoms with Gasteiger partial charge in [-0.15, -0.1) is 0 Å². The van der Waals surface area contributed by atoms with Crippen molar-refractivity contribution in [3.05, 3.63) is 23.8 Å². The highest BCUT2D eigenvalue weighted by atomic mass is 16.5. The Balaban J connectivity index is 2.90. The lowest BCUT2D eigenvalue weighted by molar-refractivity contribution is -0.148. The predicted molar refractivity (Wildman–Crippen MR) is 66.9 cm³/mol. The highest BCUT2D eigenvalue weighted by Crippen LogP contribution is 2.29. The minimum absolute atomic E-state index is 0.0505. The summed E-state index contributed by atoms with van der Waals surface area (Å²) >= 11 is 0. The number of methoxy groups -OCH3 is 1. The maximum Gasteiger partial charge on any atom is 0.335 e. The first kappa shape index (κ1) is 14.8. The molecule has 1 rings (SSSR count). The first-order valence-corrected chi connectivity index (χ1v) is 5.55. The number of hydrogen-bond donors (Lipinski definition) is 2. The van der Waals surface area contributed by atoms with E-state index < -0.39 is 17.4 Å². The Morgan fingerprint density at radius 2 is 1.84 bits per heavy atom. The topological polar surface area (TPSA) is 93.1 Å². The van der Waals surface area contributed by atoms with Crippen molar-refractivity contribution >= 4 is 11.9 Å². The highest BCUT2D eigenvalue weighted by molar-refractivity contribution is 5.88. The minimum Gasteiger partial charge on any atom is -0.493 e. The van der Waals surface area contributed by atoms with Crippen molar-refractivity contribution in [2.24, 2.45) is 5.41 Å². The normalized spacial score (nSPS) is 10.9. The van der Waals surface area contributed by atoms with Crippen LogP contribution >= 0.6 is 0 Å². The minimum atomic E-state index is -1.07. The molecule has 1 aromatic rings. The van der Waals surface area contributed by atoms with Crippen LogP contribution in [0.15, 0.2) is 18.2 Å². The van der Waals surface area contributed by atoms with Crippen LogP contribution in [0.1, 0.15) is 24.2 Å². The summed E-state index contributed by atoms with van der Waals surface area (Å²) in [6, 6.07) is 4.14. The molecular weight excluding hydrogens is 252 g/mol. The largest absolute Gasteiger partial charge is 0.493 e. The fraction of sp³-hybridized carbons (Fsp3) is 0.385. The molecule has 0 aliphatic carbocycles. The Labute approximate surface area is 110 Å². The molecular formula is C13H16O6. The van der Waals surface area contributed by atoms with E-state index in [9.17, 15) is 9.59 Å². The number of aliphatic carboxylic acids is 1. The van der Waals surface area contributed by atoms with Gasteiger partial charge in [0.15, 0.2) is 11.5 Å². The Morgan fingerprint density at radius 3 is 2.32 bits per heavy atom. The van der Waals surface area contributed by atoms with Crippen LogP contribution in [-0.2, 0) is 4.79 Å². The number of benzene rings is 1. The molecule has 0 saturated heterocycles. The molecule has 6 nitrogen and oxygen atoms in total. The number of rotatable bonds is 6. The molecule has 1 aromatic carbocycles. The average molecular weight is 268 g/mol. The van der Waals surface area contributed by atoms with E-state index >= 15 is 0 Å². The molecule has 0 atom stereocenters. The molecule has 6 heteroatoms. The molecule has 0 unspecified atom stereocenters. The second-order valence-corrected chi connectivity index (χ2v) is 4.65. The van der Waals surface area contributed by atoms with Crippen molar-refractivity contribution in [2.75, 3.05) is 13.7 Å². The lowest BCUT2D eigenvalue weighted by Gasteiger charge is -2.20. The number of carbonyl (C=O) groups is 2. The summed E-state index contributed by atoms with van der Waals surface area (Å²) < 4.78 is 10.4. The summed E-state index contributed by atoms with van der Waals surface area (Å²) in [5, 5.41) is 17.8. The summed E-state index contributed by atoms with van der Waals surface area (Å²) in [6.07, 6.45) is 0. The third kappa shape index (κ3) is 3.61. The van der Waals surface area contributed by atoms with E-state index in [1.165, 1.54) is 39.2 Å². The molecule has 19 heavy (non-hydrogen) atoms. The molecule has 104 valence electrons. The van der Waals surface area contributed by atoms with Crippen molar-refractivity contribution < 1.29 is 29.3 Å². The van der Waals surface area contributed by atoms with Gasteiger partial charge in [0.2, 0.25) is 0 Å². The molecule has 0 bridgehead atoms. The Kier molecular flexibility index (Phi) is 4.37. The molecule has 0 heterocycles. The number of hydrogen-bond acceptors (Lipinski definition) is 4. The fourth-order valence-electron chi connectivity index (χ4n) is 1.24. The van der Waals surface area contributed by atoms with Crippen molar-refractivity contribution in [3.63, 3.8) is 0 Å². The number of ether oxygens (including phenoxy) is 2. The van der Waals surface area contributed by atoms with E-state index in [4.69, 9.17) is 19.7 Å². The van der Waals surface area contributed by atoms with Crippen LogP contribution in [0.25, 0.3) is 0 Å². The predicted octanol–water partition coefficient (Wildman–Crippen LogP) is 1.88. The molecule has 0 spiro atoms. The Hall–Kier alpha value is -2.24. The zero-order valence-electron chi connectivity index (χ0n) is 11.0. The lowest BCUT2D eigenvalue weighted by Crippen LogP contribution is -2.30. The van der Waals surface area contributed by atoms with Gasteiger partial charge in [-0.1, -0.05) is 0 Å². The van der Waals surface area contributed by atoms with Crippen molar-refractivity contribution in [1.82, 2.24) is 0 Å². The number of aromatic carboxylic acids is 1. The van der Waals surface area contributed by atoms with Crippen molar-refractivity contribution in [2.45, 2.75) is 13.8 Å². The Morgan fingerprint density at radius 1 is 1.21 bits per heavy atom. The van der Waals surface area contributed by atoms with Gasteiger partial charge in [-0.05, 0) is 32.0 Å². The summed E-state index contributed by atoms with van der Waals surface area (Å²) in [5.74, 6) is -1.49. The standard InChI is InChI=1S/C13H16O6/c1-13(2,12(16)17)7-19-9-5-4-8(11(14)15)6-10(9)18-3/h4-6H,7H2,1-3H3,(H,14,15)(H,16,17). The van der Waals surface area contributed by atoms with E-state index in [0.29, 0.717) is 5.75 Å². The van der Waals surface area contributed by atoms with E-state index in [2.05, 4.69) is 0 Å². The van der Waals surface area contributed by atoms with Crippen LogP contribution in [0.2, 0.25) is 0 Å². The summed E-state index contributed by atoms with van der Waals surface area (Å²) in [7, 11) is 1.39. The molecule has 0 saturated carbocycles. The summed E-state index contributed by atoms with van der Waals surface area (Å²) in [5.41, 5.74) is -0.974. The summed E-state index contributed by atoms with van der Waals surface area (Å²) in [6.45, 7) is 3.02. The third-order valence-corrected chi connectivity index (χ3v) is 2.58. The van der Waals surface area contributed by atoms with E-state index in [0.717, 1.165) is 0 Å². The van der Waals surface area contributed by atoms with Gasteiger partial charge in [0, 0.05) is 0 Å². The smallest absolute Gasteiger partial charge is 0.335 e. The molecule has 0 radical (unpaired) electrons. The first-order chi connectivity index (χ1) is 8.77. The van der Waals surface area contributed by atoms with Gasteiger partial charge < -0.3 is 19.7 Å². The molecule has 2 N–H and O–H groups in total. The summed E-state index contributed by atoms with van der Waals surface area (Å²) in [4.78, 5) is 21.8. The number of carboxylic acid groups (broad SMARTS) is 2. The van der Waals surface area contributed by atoms with Gasteiger partial charge in [-0.2, -0.15) is 0 Å². The zero-order valence-corrected chi connectivity index (χ0v) is 11.0. The van der Waals surface area contributed by atoms with Crippen LogP contribution in [0, 0.1) is 5.41 Å². The first-order valence-electron chi connectivity index (χ1n) is 5.55. The van der Waals surface area contributed by atoms with Crippen LogP contribution in [0.5, 0.6) is 11.5 Å². The molecule has 0 amide bonds. The second-order valence-electron chi connectivity index (χ2n) is 4.65. The van der Waals surface area contributed by atoms with Crippen molar-refractivity contribution in [1.29, 1.82) is 0 Å². The van der Waals surface area contributed by atoms with Gasteiger partial charge in [-0.3, -0.25) is 4.79 Å². The zero-order chi connectivity index (χ0) is 14.6. The molecule has 0 aliphatic rings. The SMILES string of the molecule is COc1cc(C(=O)O)ccc1OCC(C)(C)C(=O)O. The quantitative estimate of drug-likeness (QED) is 0.818. The van der Waals surface area contributed by atoms with Crippen LogP contribution in [0.3, 0.4) is 0 Å². The monoisotopic (exact) mass is 268 g/mol. The van der Waals surface area contributed by atoms with Crippen LogP contribution in [-0.4, -0.2) is 35.9 Å².